The molecular formula is C27H32N2O4S. The average Bonchev–Trinajstić information content (AvgIpc) is 3.41. The number of rotatable bonds is 9. The highest BCUT2D eigenvalue weighted by Crippen LogP contribution is 2.35. The summed E-state index contributed by atoms with van der Waals surface area (Å²) in [7, 11) is 1.57. The van der Waals surface area contributed by atoms with Gasteiger partial charge in [0.15, 0.2) is 6.10 Å². The quantitative estimate of drug-likeness (QED) is 0.420. The zero-order valence-corrected chi connectivity index (χ0v) is 21.3. The average molecular weight is 481 g/mol. The van der Waals surface area contributed by atoms with Crippen molar-refractivity contribution < 1.29 is 19.4 Å². The Balaban J connectivity index is 2.30. The monoisotopic (exact) mass is 480 g/mol. The highest BCUT2D eigenvalue weighted by atomic mass is 32.1. The van der Waals surface area contributed by atoms with Gasteiger partial charge < -0.3 is 19.3 Å². The molecule has 2 heterocycles. The molecule has 3 rings (SSSR count). The van der Waals surface area contributed by atoms with Crippen LogP contribution in [0.2, 0.25) is 0 Å². The minimum atomic E-state index is -1.34. The van der Waals surface area contributed by atoms with E-state index in [1.807, 2.05) is 61.8 Å². The van der Waals surface area contributed by atoms with E-state index < -0.39 is 17.7 Å². The van der Waals surface area contributed by atoms with Gasteiger partial charge in [-0.25, -0.2) is 4.79 Å². The number of carboxylic acid groups (broad SMARTS) is 1. The molecule has 0 radical (unpaired) electrons. The molecule has 2 aromatic heterocycles. The minimum absolute atomic E-state index is 0.290. The third kappa shape index (κ3) is 5.85. The van der Waals surface area contributed by atoms with Crippen molar-refractivity contribution in [2.75, 3.05) is 7.05 Å². The van der Waals surface area contributed by atoms with Crippen LogP contribution in [0.5, 0.6) is 0 Å². The zero-order chi connectivity index (χ0) is 25.0. The largest absolute Gasteiger partial charge is 0.479 e. The molecule has 0 saturated carbocycles. The van der Waals surface area contributed by atoms with Crippen LogP contribution >= 0.6 is 11.3 Å². The number of carbonyl (C=O) groups is 2. The molecule has 1 aromatic carbocycles. The van der Waals surface area contributed by atoms with Gasteiger partial charge in [-0.3, -0.25) is 4.79 Å². The molecule has 1 atom stereocenters. The molecule has 1 amide bonds. The predicted octanol–water partition coefficient (Wildman–Crippen LogP) is 5.33. The van der Waals surface area contributed by atoms with Gasteiger partial charge in [0.05, 0.1) is 17.8 Å². The number of likely N-dealkylation sites (N-methyl/N-ethyl adjacent to an activating group) is 1. The van der Waals surface area contributed by atoms with Gasteiger partial charge >= 0.3 is 5.97 Å². The van der Waals surface area contributed by atoms with E-state index in [9.17, 15) is 14.7 Å². The molecule has 34 heavy (non-hydrogen) atoms. The zero-order valence-electron chi connectivity index (χ0n) is 20.5. The normalized spacial score (nSPS) is 13.4. The van der Waals surface area contributed by atoms with Gasteiger partial charge in [0.2, 0.25) is 6.41 Å². The summed E-state index contributed by atoms with van der Waals surface area (Å²) in [6.07, 6.45) is 1.28. The van der Waals surface area contributed by atoms with Crippen molar-refractivity contribution in [3.63, 3.8) is 0 Å². The lowest BCUT2D eigenvalue weighted by molar-refractivity contribution is -0.157. The maximum Gasteiger partial charge on any atom is 0.339 e. The number of hydrogen-bond acceptors (Lipinski definition) is 4. The molecule has 1 N–H and O–H groups in total. The van der Waals surface area contributed by atoms with Crippen molar-refractivity contribution in [3.05, 3.63) is 87.0 Å². The third-order valence-corrected chi connectivity index (χ3v) is 6.36. The molecule has 6 nitrogen and oxygen atoms in total. The summed E-state index contributed by atoms with van der Waals surface area (Å²) < 4.78 is 8.13. The fourth-order valence-electron chi connectivity index (χ4n) is 3.85. The van der Waals surface area contributed by atoms with E-state index in [0.717, 1.165) is 22.4 Å². The molecule has 0 saturated heterocycles. The summed E-state index contributed by atoms with van der Waals surface area (Å²) in [5, 5.41) is 12.2. The number of nitrogens with zero attached hydrogens (tertiary/aromatic N) is 2. The van der Waals surface area contributed by atoms with Gasteiger partial charge in [-0.05, 0) is 57.7 Å². The van der Waals surface area contributed by atoms with E-state index in [0.29, 0.717) is 24.2 Å². The third-order valence-electron chi connectivity index (χ3n) is 5.50. The maximum atomic E-state index is 12.5. The second-order valence-corrected chi connectivity index (χ2v) is 10.3. The number of thiophene rings is 1. The first-order valence-electron chi connectivity index (χ1n) is 11.1. The van der Waals surface area contributed by atoms with Crippen molar-refractivity contribution in [1.29, 1.82) is 0 Å². The number of carbonyl (C=O) groups excluding carboxylic acids is 1. The van der Waals surface area contributed by atoms with Crippen molar-refractivity contribution in [3.8, 4) is 0 Å². The summed E-state index contributed by atoms with van der Waals surface area (Å²) >= 11 is 1.69. The Morgan fingerprint density at radius 3 is 2.38 bits per heavy atom. The first kappa shape index (κ1) is 25.5. The van der Waals surface area contributed by atoms with E-state index in [-0.39, 0.29) is 0 Å². The van der Waals surface area contributed by atoms with Crippen LogP contribution in [-0.2, 0) is 20.9 Å². The number of aliphatic carboxylic acids is 1. The predicted molar refractivity (Wildman–Crippen MR) is 136 cm³/mol. The number of hydrogen-bond donors (Lipinski definition) is 1. The molecule has 0 aliphatic carbocycles. The first-order chi connectivity index (χ1) is 16.0. The van der Waals surface area contributed by atoms with E-state index in [1.54, 1.807) is 39.2 Å². The lowest BCUT2D eigenvalue weighted by Crippen LogP contribution is -2.40. The number of aromatic nitrogens is 1. The van der Waals surface area contributed by atoms with E-state index in [1.165, 1.54) is 9.78 Å². The molecule has 0 aliphatic rings. The van der Waals surface area contributed by atoms with Crippen LogP contribution in [-0.4, -0.2) is 45.7 Å². The fourth-order valence-corrected chi connectivity index (χ4v) is 4.55. The van der Waals surface area contributed by atoms with E-state index in [4.69, 9.17) is 4.74 Å². The van der Waals surface area contributed by atoms with Gasteiger partial charge in [0.25, 0.3) is 0 Å². The van der Waals surface area contributed by atoms with Gasteiger partial charge in [0, 0.05) is 35.0 Å². The summed E-state index contributed by atoms with van der Waals surface area (Å²) in [6, 6.07) is 14.0. The second kappa shape index (κ2) is 10.4. The van der Waals surface area contributed by atoms with Gasteiger partial charge in [-0.15, -0.1) is 11.3 Å². The smallest absolute Gasteiger partial charge is 0.339 e. The first-order valence-corrected chi connectivity index (χ1v) is 12.0. The van der Waals surface area contributed by atoms with Crippen molar-refractivity contribution in [1.82, 2.24) is 9.47 Å². The Hall–Kier alpha value is -3.16. The molecule has 180 valence electrons. The Kier molecular flexibility index (Phi) is 7.79. The van der Waals surface area contributed by atoms with Crippen molar-refractivity contribution in [2.24, 2.45) is 0 Å². The number of benzene rings is 1. The van der Waals surface area contributed by atoms with E-state index in [2.05, 4.69) is 10.6 Å². The van der Waals surface area contributed by atoms with Gasteiger partial charge in [-0.2, -0.15) is 0 Å². The fraction of sp³-hybridized carbons (Fsp3) is 0.333. The maximum absolute atomic E-state index is 12.5. The molecule has 0 fully saturated rings. The molecular weight excluding hydrogens is 448 g/mol. The van der Waals surface area contributed by atoms with Crippen LogP contribution in [0.25, 0.3) is 5.57 Å². The highest BCUT2D eigenvalue weighted by Gasteiger charge is 2.34. The topological polar surface area (TPSA) is 71.8 Å². The van der Waals surface area contributed by atoms with Crippen LogP contribution < -0.4 is 0 Å². The van der Waals surface area contributed by atoms with Crippen LogP contribution in [0.4, 0.5) is 0 Å². The molecule has 0 aliphatic heterocycles. The van der Waals surface area contributed by atoms with Crippen LogP contribution in [0.3, 0.4) is 0 Å². The lowest BCUT2D eigenvalue weighted by atomic mass is 9.92. The Labute approximate surface area is 205 Å². The number of carboxylic acids is 1. The highest BCUT2D eigenvalue weighted by molar-refractivity contribution is 7.09. The molecule has 7 heteroatoms. The van der Waals surface area contributed by atoms with Crippen molar-refractivity contribution >= 4 is 29.3 Å². The van der Waals surface area contributed by atoms with Crippen molar-refractivity contribution in [2.45, 2.75) is 52.9 Å². The number of ether oxygens (including phenoxy) is 1. The number of aryl methyl sites for hydroxylation is 1. The minimum Gasteiger partial charge on any atom is -0.479 e. The molecule has 0 bridgehead atoms. The van der Waals surface area contributed by atoms with E-state index >= 15 is 0 Å². The summed E-state index contributed by atoms with van der Waals surface area (Å²) in [5.41, 5.74) is 3.94. The summed E-state index contributed by atoms with van der Waals surface area (Å²) in [5.74, 6) is -1.15. The Morgan fingerprint density at radius 2 is 1.85 bits per heavy atom. The van der Waals surface area contributed by atoms with Crippen LogP contribution in [0.15, 0.2) is 59.7 Å². The second-order valence-electron chi connectivity index (χ2n) is 9.31. The summed E-state index contributed by atoms with van der Waals surface area (Å²) in [6.45, 7) is 10.1. The molecule has 1 unspecified atom stereocenters. The Bertz CT molecular complexity index is 1170. The standard InChI is InChI=1S/C27H32N2O4S/c1-18-9-11-20(12-10-18)23(22-13-14-29(19(22)2)16-21-8-7-15-34-21)24(28(6)17-30)25(26(31)32)33-27(3,4)5/h7-15,17,25H,16H2,1-6H3,(H,31,32)/b24-23-. The molecule has 3 aromatic rings. The SMILES string of the molecule is Cc1ccc(/C(=C(\C(OC(C)(C)C)C(=O)O)N(C)C=O)c2ccn(Cc3cccs3)c2C)cc1. The van der Waals surface area contributed by atoms with Crippen LogP contribution in [0.1, 0.15) is 48.0 Å². The Morgan fingerprint density at radius 1 is 1.18 bits per heavy atom. The molecule has 0 spiro atoms. The van der Waals surface area contributed by atoms with Gasteiger partial charge in [0.1, 0.15) is 0 Å². The van der Waals surface area contributed by atoms with Crippen LogP contribution in [0, 0.1) is 13.8 Å². The summed E-state index contributed by atoms with van der Waals surface area (Å²) in [4.78, 5) is 27.0. The lowest BCUT2D eigenvalue weighted by Gasteiger charge is -2.31. The number of amides is 1. The van der Waals surface area contributed by atoms with Gasteiger partial charge in [-0.1, -0.05) is 35.9 Å².